The second kappa shape index (κ2) is 8.52. The van der Waals surface area contributed by atoms with E-state index >= 15 is 0 Å². The van der Waals surface area contributed by atoms with Gasteiger partial charge >= 0.3 is 5.97 Å². The number of carbonyl (C=O) groups excluding carboxylic acids is 3. The molecule has 3 rings (SSSR count). The molecule has 1 aromatic heterocycles. The first-order valence-corrected chi connectivity index (χ1v) is 10.0. The highest BCUT2D eigenvalue weighted by Gasteiger charge is 2.25. The van der Waals surface area contributed by atoms with Gasteiger partial charge in [0.15, 0.2) is 11.2 Å². The monoisotopic (exact) mass is 401 g/mol. The molecule has 2 heterocycles. The summed E-state index contributed by atoms with van der Waals surface area (Å²) in [5.74, 6) is -0.866. The predicted molar refractivity (Wildman–Crippen MR) is 108 cm³/mol. The first-order valence-electron chi connectivity index (χ1n) is 9.16. The molecular weight excluding hydrogens is 378 g/mol. The van der Waals surface area contributed by atoms with Crippen LogP contribution >= 0.6 is 11.3 Å². The number of aromatic nitrogens is 1. The van der Waals surface area contributed by atoms with Crippen LogP contribution in [0.3, 0.4) is 0 Å². The molecule has 2 amide bonds. The highest BCUT2D eigenvalue weighted by atomic mass is 32.1. The Morgan fingerprint density at radius 2 is 2.14 bits per heavy atom. The number of amides is 2. The van der Waals surface area contributed by atoms with Gasteiger partial charge in [0.1, 0.15) is 0 Å². The summed E-state index contributed by atoms with van der Waals surface area (Å²) in [7, 11) is 0. The van der Waals surface area contributed by atoms with Gasteiger partial charge in [-0.1, -0.05) is 17.7 Å². The number of anilines is 2. The predicted octanol–water partition coefficient (Wildman–Crippen LogP) is 3.00. The molecule has 1 aliphatic heterocycles. The zero-order valence-electron chi connectivity index (χ0n) is 16.2. The summed E-state index contributed by atoms with van der Waals surface area (Å²) in [6, 6.07) is 5.70. The number of thiazole rings is 1. The summed E-state index contributed by atoms with van der Waals surface area (Å²) >= 11 is 1.33. The number of rotatable bonds is 6. The molecule has 0 saturated carbocycles. The van der Waals surface area contributed by atoms with Gasteiger partial charge in [0.05, 0.1) is 12.1 Å². The van der Waals surface area contributed by atoms with Crippen LogP contribution in [0.15, 0.2) is 23.6 Å². The molecule has 0 unspecified atom stereocenters. The molecule has 0 bridgehead atoms. The van der Waals surface area contributed by atoms with Gasteiger partial charge in [0.2, 0.25) is 5.91 Å². The third-order valence-corrected chi connectivity index (χ3v) is 5.40. The van der Waals surface area contributed by atoms with Crippen molar-refractivity contribution in [2.75, 3.05) is 16.8 Å². The maximum atomic E-state index is 12.3. The van der Waals surface area contributed by atoms with E-state index in [0.717, 1.165) is 17.5 Å². The van der Waals surface area contributed by atoms with Gasteiger partial charge in [-0.25, -0.2) is 4.98 Å². The van der Waals surface area contributed by atoms with Gasteiger partial charge in [-0.2, -0.15) is 0 Å². The SMILES string of the molecule is Cc1ccc(NC(=O)[C@@H](C)OC(=O)Cc2csc(N3CCCC3=O)n2)c(C)c1. The lowest BCUT2D eigenvalue weighted by molar-refractivity contribution is -0.152. The number of hydrogen-bond acceptors (Lipinski definition) is 6. The largest absolute Gasteiger partial charge is 0.452 e. The van der Waals surface area contributed by atoms with Crippen LogP contribution in [0, 0.1) is 13.8 Å². The van der Waals surface area contributed by atoms with Crippen molar-refractivity contribution in [3.63, 3.8) is 0 Å². The smallest absolute Gasteiger partial charge is 0.312 e. The van der Waals surface area contributed by atoms with E-state index in [1.165, 1.54) is 18.3 Å². The van der Waals surface area contributed by atoms with Crippen LogP contribution in [0.2, 0.25) is 0 Å². The lowest BCUT2D eigenvalue weighted by Gasteiger charge is -2.15. The molecule has 148 valence electrons. The van der Waals surface area contributed by atoms with E-state index in [2.05, 4.69) is 10.3 Å². The van der Waals surface area contributed by atoms with E-state index in [1.54, 1.807) is 10.3 Å². The van der Waals surface area contributed by atoms with Crippen molar-refractivity contribution in [2.24, 2.45) is 0 Å². The summed E-state index contributed by atoms with van der Waals surface area (Å²) in [5.41, 5.74) is 3.27. The fraction of sp³-hybridized carbons (Fsp3) is 0.400. The second-order valence-corrected chi connectivity index (χ2v) is 7.72. The molecule has 2 aromatic rings. The van der Waals surface area contributed by atoms with Crippen LogP contribution in [-0.4, -0.2) is 35.4 Å². The van der Waals surface area contributed by atoms with Crippen molar-refractivity contribution in [2.45, 2.75) is 46.1 Å². The van der Waals surface area contributed by atoms with Crippen LogP contribution < -0.4 is 10.2 Å². The molecule has 1 atom stereocenters. The molecule has 1 saturated heterocycles. The molecule has 8 heteroatoms. The van der Waals surface area contributed by atoms with E-state index in [0.29, 0.717) is 29.5 Å². The second-order valence-electron chi connectivity index (χ2n) is 6.89. The Morgan fingerprint density at radius 3 is 2.82 bits per heavy atom. The minimum absolute atomic E-state index is 0.0420. The van der Waals surface area contributed by atoms with Gasteiger partial charge in [-0.3, -0.25) is 19.3 Å². The first-order chi connectivity index (χ1) is 13.3. The molecule has 0 aliphatic carbocycles. The molecule has 7 nitrogen and oxygen atoms in total. The van der Waals surface area contributed by atoms with Gasteiger partial charge < -0.3 is 10.1 Å². The van der Waals surface area contributed by atoms with Crippen molar-refractivity contribution in [3.8, 4) is 0 Å². The van der Waals surface area contributed by atoms with Crippen LogP contribution in [0.5, 0.6) is 0 Å². The van der Waals surface area contributed by atoms with Crippen LogP contribution in [0.25, 0.3) is 0 Å². The molecule has 1 aliphatic rings. The zero-order chi connectivity index (χ0) is 20.3. The van der Waals surface area contributed by atoms with Crippen molar-refractivity contribution in [1.82, 2.24) is 4.98 Å². The number of hydrogen-bond donors (Lipinski definition) is 1. The number of nitrogens with zero attached hydrogens (tertiary/aromatic N) is 2. The van der Waals surface area contributed by atoms with Crippen LogP contribution in [-0.2, 0) is 25.5 Å². The molecule has 28 heavy (non-hydrogen) atoms. The highest BCUT2D eigenvalue weighted by Crippen LogP contribution is 2.25. The number of esters is 1. The van der Waals surface area contributed by atoms with Crippen LogP contribution in [0.1, 0.15) is 36.6 Å². The van der Waals surface area contributed by atoms with E-state index in [4.69, 9.17) is 4.74 Å². The third-order valence-electron chi connectivity index (χ3n) is 4.49. The maximum Gasteiger partial charge on any atom is 0.312 e. The molecule has 1 aromatic carbocycles. The maximum absolute atomic E-state index is 12.3. The van der Waals surface area contributed by atoms with Crippen molar-refractivity contribution >= 4 is 39.9 Å². The van der Waals surface area contributed by atoms with Gasteiger partial charge in [-0.15, -0.1) is 11.3 Å². The van der Waals surface area contributed by atoms with Crippen molar-refractivity contribution in [3.05, 3.63) is 40.4 Å². The van der Waals surface area contributed by atoms with E-state index in [1.807, 2.05) is 32.0 Å². The normalized spacial score (nSPS) is 14.8. The summed E-state index contributed by atoms with van der Waals surface area (Å²) in [6.07, 6.45) is 0.388. The lowest BCUT2D eigenvalue weighted by Crippen LogP contribution is -2.30. The molecule has 0 spiro atoms. The Kier molecular flexibility index (Phi) is 6.08. The van der Waals surface area contributed by atoms with Gasteiger partial charge in [-0.05, 0) is 38.8 Å². The Labute approximate surface area is 167 Å². The minimum Gasteiger partial charge on any atom is -0.452 e. The number of ether oxygens (including phenoxy) is 1. The summed E-state index contributed by atoms with van der Waals surface area (Å²) in [4.78, 5) is 42.2. The van der Waals surface area contributed by atoms with E-state index in [9.17, 15) is 14.4 Å². The standard InChI is InChI=1S/C20H23N3O4S/c1-12-6-7-16(13(2)9-12)22-19(26)14(3)27-18(25)10-15-11-28-20(21-15)23-8-4-5-17(23)24/h6-7,9,11,14H,4-5,8,10H2,1-3H3,(H,22,26)/t14-/m1/s1. The molecule has 0 radical (unpaired) electrons. The molecular formula is C20H23N3O4S. The number of benzene rings is 1. The quantitative estimate of drug-likeness (QED) is 0.752. The summed E-state index contributed by atoms with van der Waals surface area (Å²) in [5, 5.41) is 5.12. The highest BCUT2D eigenvalue weighted by molar-refractivity contribution is 7.14. The van der Waals surface area contributed by atoms with E-state index in [-0.39, 0.29) is 18.2 Å². The van der Waals surface area contributed by atoms with Crippen molar-refractivity contribution in [1.29, 1.82) is 0 Å². The Balaban J connectivity index is 1.53. The number of aryl methyl sites for hydroxylation is 2. The van der Waals surface area contributed by atoms with Gasteiger partial charge in [0.25, 0.3) is 5.91 Å². The zero-order valence-corrected chi connectivity index (χ0v) is 17.0. The summed E-state index contributed by atoms with van der Waals surface area (Å²) in [6.45, 7) is 6.08. The topological polar surface area (TPSA) is 88.6 Å². The van der Waals surface area contributed by atoms with E-state index < -0.39 is 12.1 Å². The average molecular weight is 401 g/mol. The number of carbonyl (C=O) groups is 3. The Hall–Kier alpha value is -2.74. The minimum atomic E-state index is -0.925. The fourth-order valence-corrected chi connectivity index (χ4v) is 3.85. The Bertz CT molecular complexity index is 909. The molecule has 1 N–H and O–H groups in total. The lowest BCUT2D eigenvalue weighted by atomic mass is 10.1. The average Bonchev–Trinajstić information content (AvgIpc) is 3.25. The Morgan fingerprint density at radius 1 is 1.36 bits per heavy atom. The molecule has 1 fully saturated rings. The fourth-order valence-electron chi connectivity index (χ4n) is 2.98. The first kappa shape index (κ1) is 20.0. The van der Waals surface area contributed by atoms with Gasteiger partial charge in [0, 0.05) is 24.0 Å². The number of nitrogens with one attached hydrogen (secondary N) is 1. The van der Waals surface area contributed by atoms with Crippen molar-refractivity contribution < 1.29 is 19.1 Å². The van der Waals surface area contributed by atoms with Crippen LogP contribution in [0.4, 0.5) is 10.8 Å². The third kappa shape index (κ3) is 4.75. The summed E-state index contributed by atoms with van der Waals surface area (Å²) < 4.78 is 5.24.